The van der Waals surface area contributed by atoms with Crippen LogP contribution in [-0.4, -0.2) is 28.7 Å². The van der Waals surface area contributed by atoms with Gasteiger partial charge in [0.25, 0.3) is 5.91 Å². The molecule has 0 radical (unpaired) electrons. The van der Waals surface area contributed by atoms with Crippen LogP contribution in [-0.2, 0) is 0 Å². The van der Waals surface area contributed by atoms with E-state index >= 15 is 0 Å². The van der Waals surface area contributed by atoms with Gasteiger partial charge in [0, 0.05) is 21.5 Å². The summed E-state index contributed by atoms with van der Waals surface area (Å²) in [4.78, 5) is 15.4. The number of piperidine rings is 1. The number of nitrogens with zero attached hydrogens (tertiary/aromatic N) is 1. The third-order valence-electron chi connectivity index (χ3n) is 2.46. The smallest absolute Gasteiger partial charge is 0.265 e. The Bertz CT molecular complexity index is 368. The highest BCUT2D eigenvalue weighted by Crippen LogP contribution is 2.24. The largest absolute Gasteiger partial charge is 0.337 e. The monoisotopic (exact) mass is 399 g/mol. The molecule has 15 heavy (non-hydrogen) atoms. The summed E-state index contributed by atoms with van der Waals surface area (Å²) in [5, 5.41) is 1.98. The molecule has 5 heteroatoms. The summed E-state index contributed by atoms with van der Waals surface area (Å²) in [6, 6.07) is 1.99. The van der Waals surface area contributed by atoms with Crippen molar-refractivity contribution in [3.05, 3.63) is 19.9 Å². The second-order valence-electron chi connectivity index (χ2n) is 3.59. The molecule has 0 N–H and O–H groups in total. The van der Waals surface area contributed by atoms with Gasteiger partial charge in [-0.15, -0.1) is 11.3 Å². The predicted molar refractivity (Wildman–Crippen MR) is 74.9 cm³/mol. The summed E-state index contributed by atoms with van der Waals surface area (Å²) in [7, 11) is 0. The molecule has 2 rings (SSSR count). The molecule has 1 fully saturated rings. The third-order valence-corrected chi connectivity index (χ3v) is 5.38. The van der Waals surface area contributed by atoms with Crippen LogP contribution >= 0.6 is 49.9 Å². The van der Waals surface area contributed by atoms with Crippen LogP contribution in [0.2, 0.25) is 0 Å². The molecular formula is C10H11BrINOS. The first kappa shape index (κ1) is 11.9. The number of hydrogen-bond acceptors (Lipinski definition) is 2. The SMILES string of the molecule is O=C(c1sccc1I)N1CCCC(Br)C1. The highest BCUT2D eigenvalue weighted by atomic mass is 127. The van der Waals surface area contributed by atoms with Crippen LogP contribution in [0.4, 0.5) is 0 Å². The maximum Gasteiger partial charge on any atom is 0.265 e. The van der Waals surface area contributed by atoms with E-state index in [1.165, 1.54) is 17.8 Å². The van der Waals surface area contributed by atoms with Crippen molar-refractivity contribution in [2.24, 2.45) is 0 Å². The van der Waals surface area contributed by atoms with Crippen molar-refractivity contribution in [1.82, 2.24) is 4.90 Å². The van der Waals surface area contributed by atoms with E-state index in [1.54, 1.807) is 0 Å². The van der Waals surface area contributed by atoms with E-state index in [4.69, 9.17) is 0 Å². The summed E-state index contributed by atoms with van der Waals surface area (Å²) in [5.41, 5.74) is 0. The number of carbonyl (C=O) groups is 1. The number of alkyl halides is 1. The van der Waals surface area contributed by atoms with Gasteiger partial charge in [0.05, 0.1) is 0 Å². The van der Waals surface area contributed by atoms with Gasteiger partial charge in [0.2, 0.25) is 0 Å². The van der Waals surface area contributed by atoms with Gasteiger partial charge in [-0.25, -0.2) is 0 Å². The van der Waals surface area contributed by atoms with Crippen LogP contribution in [0.25, 0.3) is 0 Å². The Balaban J connectivity index is 2.11. The maximum absolute atomic E-state index is 12.1. The lowest BCUT2D eigenvalue weighted by Crippen LogP contribution is -2.40. The van der Waals surface area contributed by atoms with E-state index in [1.807, 2.05) is 16.3 Å². The summed E-state index contributed by atoms with van der Waals surface area (Å²) >= 11 is 7.35. The van der Waals surface area contributed by atoms with Crippen molar-refractivity contribution >= 4 is 55.8 Å². The maximum atomic E-state index is 12.1. The van der Waals surface area contributed by atoms with Gasteiger partial charge < -0.3 is 4.90 Å². The number of carbonyl (C=O) groups excluding carboxylic acids is 1. The van der Waals surface area contributed by atoms with Crippen molar-refractivity contribution in [1.29, 1.82) is 0 Å². The molecule has 1 aliphatic heterocycles. The van der Waals surface area contributed by atoms with Crippen LogP contribution in [0.1, 0.15) is 22.5 Å². The summed E-state index contributed by atoms with van der Waals surface area (Å²) in [6.07, 6.45) is 2.27. The molecule has 1 unspecified atom stereocenters. The van der Waals surface area contributed by atoms with Crippen LogP contribution in [0.3, 0.4) is 0 Å². The molecule has 1 aromatic heterocycles. The molecule has 0 spiro atoms. The van der Waals surface area contributed by atoms with Crippen LogP contribution < -0.4 is 0 Å². The van der Waals surface area contributed by atoms with Crippen molar-refractivity contribution in [3.8, 4) is 0 Å². The van der Waals surface area contributed by atoms with Gasteiger partial charge in [-0.3, -0.25) is 4.79 Å². The summed E-state index contributed by atoms with van der Waals surface area (Å²) in [6.45, 7) is 1.74. The van der Waals surface area contributed by atoms with Crippen molar-refractivity contribution < 1.29 is 4.79 Å². The Morgan fingerprint density at radius 1 is 1.67 bits per heavy atom. The highest BCUT2D eigenvalue weighted by molar-refractivity contribution is 14.1. The predicted octanol–water partition coefficient (Wildman–Crippen LogP) is 3.35. The number of halogens is 2. The Morgan fingerprint density at radius 2 is 2.47 bits per heavy atom. The minimum Gasteiger partial charge on any atom is -0.337 e. The molecule has 1 atom stereocenters. The van der Waals surface area contributed by atoms with Crippen molar-refractivity contribution in [3.63, 3.8) is 0 Å². The number of likely N-dealkylation sites (tertiary alicyclic amines) is 1. The van der Waals surface area contributed by atoms with Gasteiger partial charge >= 0.3 is 0 Å². The quantitative estimate of drug-likeness (QED) is 0.523. The lowest BCUT2D eigenvalue weighted by Gasteiger charge is -2.29. The van der Waals surface area contributed by atoms with E-state index in [-0.39, 0.29) is 5.91 Å². The lowest BCUT2D eigenvalue weighted by molar-refractivity contribution is 0.0734. The molecule has 82 valence electrons. The molecule has 0 aliphatic carbocycles. The Kier molecular flexibility index (Phi) is 4.06. The average Bonchev–Trinajstić information content (AvgIpc) is 2.63. The molecule has 0 aromatic carbocycles. The standard InChI is InChI=1S/C10H11BrINOS/c11-7-2-1-4-13(6-7)10(14)9-8(12)3-5-15-9/h3,5,7H,1-2,4,6H2. The molecular weight excluding hydrogens is 389 g/mol. The number of amides is 1. The fraction of sp³-hybridized carbons (Fsp3) is 0.500. The fourth-order valence-corrected chi connectivity index (χ4v) is 4.16. The van der Waals surface area contributed by atoms with Gasteiger partial charge in [0.15, 0.2) is 0 Å². The number of rotatable bonds is 1. The minimum atomic E-state index is 0.193. The van der Waals surface area contributed by atoms with Gasteiger partial charge in [-0.2, -0.15) is 0 Å². The van der Waals surface area contributed by atoms with E-state index < -0.39 is 0 Å². The van der Waals surface area contributed by atoms with E-state index in [0.717, 1.165) is 28.0 Å². The number of hydrogen-bond donors (Lipinski definition) is 0. The molecule has 1 amide bonds. The van der Waals surface area contributed by atoms with Crippen molar-refractivity contribution in [2.75, 3.05) is 13.1 Å². The molecule has 1 aromatic rings. The van der Waals surface area contributed by atoms with E-state index in [0.29, 0.717) is 4.83 Å². The first-order chi connectivity index (χ1) is 7.18. The number of thiophene rings is 1. The molecule has 0 saturated carbocycles. The Morgan fingerprint density at radius 3 is 3.07 bits per heavy atom. The Hall–Kier alpha value is 0.380. The molecule has 1 saturated heterocycles. The zero-order valence-electron chi connectivity index (χ0n) is 8.08. The van der Waals surface area contributed by atoms with Crippen LogP contribution in [0, 0.1) is 3.57 Å². The van der Waals surface area contributed by atoms with Crippen molar-refractivity contribution in [2.45, 2.75) is 17.7 Å². The zero-order valence-corrected chi connectivity index (χ0v) is 12.6. The summed E-state index contributed by atoms with van der Waals surface area (Å²) in [5.74, 6) is 0.193. The van der Waals surface area contributed by atoms with Crippen LogP contribution in [0.15, 0.2) is 11.4 Å². The third kappa shape index (κ3) is 2.74. The zero-order chi connectivity index (χ0) is 10.8. The highest BCUT2D eigenvalue weighted by Gasteiger charge is 2.24. The van der Waals surface area contributed by atoms with Crippen LogP contribution in [0.5, 0.6) is 0 Å². The van der Waals surface area contributed by atoms with E-state index in [9.17, 15) is 4.79 Å². The molecule has 0 bridgehead atoms. The van der Waals surface area contributed by atoms with Gasteiger partial charge in [-0.05, 0) is 46.9 Å². The molecule has 1 aliphatic rings. The Labute approximate surface area is 115 Å². The fourth-order valence-electron chi connectivity index (χ4n) is 1.70. The second kappa shape index (κ2) is 5.14. The lowest BCUT2D eigenvalue weighted by atomic mass is 10.1. The summed E-state index contributed by atoms with van der Waals surface area (Å²) < 4.78 is 1.07. The van der Waals surface area contributed by atoms with Gasteiger partial charge in [-0.1, -0.05) is 15.9 Å². The minimum absolute atomic E-state index is 0.193. The van der Waals surface area contributed by atoms with Gasteiger partial charge in [0.1, 0.15) is 4.88 Å². The molecule has 2 nitrogen and oxygen atoms in total. The first-order valence-corrected chi connectivity index (χ1v) is 7.72. The molecule has 2 heterocycles. The average molecular weight is 400 g/mol. The normalized spacial score (nSPS) is 21.7. The topological polar surface area (TPSA) is 20.3 Å². The first-order valence-electron chi connectivity index (χ1n) is 4.85. The van der Waals surface area contributed by atoms with E-state index in [2.05, 4.69) is 38.5 Å². The second-order valence-corrected chi connectivity index (χ2v) is 6.96.